The summed E-state index contributed by atoms with van der Waals surface area (Å²) in [7, 11) is 1.23. The van der Waals surface area contributed by atoms with Crippen molar-refractivity contribution in [2.75, 3.05) is 20.2 Å². The summed E-state index contributed by atoms with van der Waals surface area (Å²) in [4.78, 5) is 8.72. The van der Waals surface area contributed by atoms with E-state index in [1.807, 2.05) is 12.3 Å². The molecule has 168 valence electrons. The maximum absolute atomic E-state index is 13.0. The van der Waals surface area contributed by atoms with Gasteiger partial charge in [-0.15, -0.1) is 0 Å². The number of hydrogen-bond acceptors (Lipinski definition) is 6. The Balaban J connectivity index is 1.31. The predicted octanol–water partition coefficient (Wildman–Crippen LogP) is 4.57. The van der Waals surface area contributed by atoms with Gasteiger partial charge in [0.05, 0.1) is 24.5 Å². The number of ether oxygens (including phenoxy) is 1. The van der Waals surface area contributed by atoms with Crippen LogP contribution in [0.25, 0.3) is 10.8 Å². The molecule has 2 atom stereocenters. The maximum Gasteiger partial charge on any atom is 0.419 e. The Hall–Kier alpha value is -2.78. The first kappa shape index (κ1) is 22.4. The normalized spacial score (nSPS) is 17.3. The minimum Gasteiger partial charge on any atom is -0.496 e. The van der Waals surface area contributed by atoms with Crippen molar-refractivity contribution in [1.29, 1.82) is 0 Å². The van der Waals surface area contributed by atoms with Crippen LogP contribution >= 0.6 is 11.8 Å². The molecule has 2 aromatic carbocycles. The third-order valence-corrected chi connectivity index (χ3v) is 6.48. The van der Waals surface area contributed by atoms with Crippen LogP contribution in [0.1, 0.15) is 21.9 Å². The van der Waals surface area contributed by atoms with Crippen LogP contribution in [0.2, 0.25) is 0 Å². The fourth-order valence-corrected chi connectivity index (χ4v) is 4.66. The largest absolute Gasteiger partial charge is 0.496 e. The summed E-state index contributed by atoms with van der Waals surface area (Å²) in [5.74, 6) is -0.195. The molecule has 3 N–H and O–H groups in total. The molecule has 0 bridgehead atoms. The number of methoxy groups -OCH3 is 1. The lowest BCUT2D eigenvalue weighted by molar-refractivity contribution is -0.138. The molecule has 5 nitrogen and oxygen atoms in total. The third kappa shape index (κ3) is 5.16. The maximum atomic E-state index is 13.0. The summed E-state index contributed by atoms with van der Waals surface area (Å²) < 4.78 is 44.0. The number of thioether (sulfide) groups is 1. The lowest BCUT2D eigenvalue weighted by Gasteiger charge is -2.16. The van der Waals surface area contributed by atoms with Gasteiger partial charge in [-0.25, -0.2) is 0 Å². The highest BCUT2D eigenvalue weighted by atomic mass is 32.2. The molecular formula is C23H23F3N4OS. The van der Waals surface area contributed by atoms with Gasteiger partial charge in [0.15, 0.2) is 5.17 Å². The first-order valence-electron chi connectivity index (χ1n) is 10.1. The summed E-state index contributed by atoms with van der Waals surface area (Å²) in [5.41, 5.74) is 7.32. The van der Waals surface area contributed by atoms with E-state index < -0.39 is 11.7 Å². The number of halogens is 3. The van der Waals surface area contributed by atoms with Crippen molar-refractivity contribution in [2.24, 2.45) is 10.7 Å². The van der Waals surface area contributed by atoms with Crippen LogP contribution in [-0.2, 0) is 12.6 Å². The zero-order chi connectivity index (χ0) is 22.7. The summed E-state index contributed by atoms with van der Waals surface area (Å²) in [6, 6.07) is 11.9. The van der Waals surface area contributed by atoms with Crippen molar-refractivity contribution in [2.45, 2.75) is 23.9 Å². The number of aromatic nitrogens is 1. The quantitative estimate of drug-likeness (QED) is 0.564. The molecule has 0 amide bonds. The topological polar surface area (TPSA) is 72.5 Å². The second-order valence-electron chi connectivity index (χ2n) is 7.61. The van der Waals surface area contributed by atoms with Gasteiger partial charge in [0.25, 0.3) is 0 Å². The fraction of sp³-hybridized carbons (Fsp3) is 0.304. The van der Waals surface area contributed by atoms with E-state index in [4.69, 9.17) is 10.5 Å². The van der Waals surface area contributed by atoms with E-state index in [9.17, 15) is 13.2 Å². The van der Waals surface area contributed by atoms with Crippen LogP contribution in [0, 0.1) is 0 Å². The smallest absolute Gasteiger partial charge is 0.419 e. The van der Waals surface area contributed by atoms with E-state index in [-0.39, 0.29) is 17.0 Å². The number of fused-ring (bicyclic) bond motifs is 1. The lowest BCUT2D eigenvalue weighted by Crippen LogP contribution is -2.37. The number of hydrogen-bond donors (Lipinski definition) is 2. The van der Waals surface area contributed by atoms with E-state index in [1.54, 1.807) is 18.0 Å². The minimum atomic E-state index is -4.45. The van der Waals surface area contributed by atoms with Crippen LogP contribution in [0.4, 0.5) is 13.2 Å². The van der Waals surface area contributed by atoms with Crippen molar-refractivity contribution in [3.05, 3.63) is 71.5 Å². The molecule has 1 aromatic heterocycles. The van der Waals surface area contributed by atoms with Gasteiger partial charge in [0.1, 0.15) is 5.75 Å². The number of nitrogens with zero attached hydrogens (tertiary/aromatic N) is 2. The lowest BCUT2D eigenvalue weighted by atomic mass is 10.0. The zero-order valence-corrected chi connectivity index (χ0v) is 18.2. The van der Waals surface area contributed by atoms with Crippen LogP contribution < -0.4 is 15.8 Å². The zero-order valence-electron chi connectivity index (χ0n) is 17.4. The molecule has 1 unspecified atom stereocenters. The molecule has 0 aliphatic carbocycles. The monoisotopic (exact) mass is 460 g/mol. The summed E-state index contributed by atoms with van der Waals surface area (Å²) in [6.45, 7) is 1.14. The average molecular weight is 461 g/mol. The minimum absolute atomic E-state index is 0.195. The fourth-order valence-electron chi connectivity index (χ4n) is 3.64. The highest BCUT2D eigenvalue weighted by Gasteiger charge is 2.34. The molecule has 0 fully saturated rings. The number of nitrogens with two attached hydrogens (primary N) is 1. The van der Waals surface area contributed by atoms with Gasteiger partial charge in [-0.1, -0.05) is 30.0 Å². The Labute approximate surface area is 188 Å². The Morgan fingerprint density at radius 2 is 2.03 bits per heavy atom. The summed E-state index contributed by atoms with van der Waals surface area (Å²) in [6.07, 6.45) is -0.408. The van der Waals surface area contributed by atoms with E-state index in [2.05, 4.69) is 33.5 Å². The molecule has 3 aromatic rings. The van der Waals surface area contributed by atoms with Crippen LogP contribution in [0.15, 0.2) is 59.9 Å². The van der Waals surface area contributed by atoms with Crippen molar-refractivity contribution in [3.63, 3.8) is 0 Å². The number of alkyl halides is 3. The van der Waals surface area contributed by atoms with E-state index >= 15 is 0 Å². The third-order valence-electron chi connectivity index (χ3n) is 5.28. The van der Waals surface area contributed by atoms with Gasteiger partial charge in [-0.3, -0.25) is 9.98 Å². The SMILES string of the molecule is COc1cc(C[C@H](N)CNC2=NCC(c3ccc4cnccc4c3)S2)ccc1C(F)(F)F. The molecular weight excluding hydrogens is 437 g/mol. The number of nitrogens with one attached hydrogen (secondary N) is 1. The van der Waals surface area contributed by atoms with Crippen molar-refractivity contribution in [3.8, 4) is 5.75 Å². The van der Waals surface area contributed by atoms with Gasteiger partial charge >= 0.3 is 6.18 Å². The Morgan fingerprint density at radius 3 is 2.81 bits per heavy atom. The van der Waals surface area contributed by atoms with Crippen molar-refractivity contribution in [1.82, 2.24) is 10.3 Å². The van der Waals surface area contributed by atoms with Gasteiger partial charge < -0.3 is 15.8 Å². The van der Waals surface area contributed by atoms with Crippen molar-refractivity contribution < 1.29 is 17.9 Å². The summed E-state index contributed by atoms with van der Waals surface area (Å²) in [5, 5.41) is 6.57. The van der Waals surface area contributed by atoms with Gasteiger partial charge in [0.2, 0.25) is 0 Å². The van der Waals surface area contributed by atoms with E-state index in [0.717, 1.165) is 22.0 Å². The molecule has 2 heterocycles. The molecule has 9 heteroatoms. The van der Waals surface area contributed by atoms with Crippen LogP contribution in [-0.4, -0.2) is 36.4 Å². The van der Waals surface area contributed by atoms with Crippen LogP contribution in [0.3, 0.4) is 0 Å². The summed E-state index contributed by atoms with van der Waals surface area (Å²) >= 11 is 1.65. The highest BCUT2D eigenvalue weighted by molar-refractivity contribution is 8.14. The Bertz CT molecular complexity index is 1140. The number of amidine groups is 1. The number of aliphatic imine (C=N–C) groups is 1. The molecule has 32 heavy (non-hydrogen) atoms. The van der Waals surface area contributed by atoms with E-state index in [0.29, 0.717) is 25.1 Å². The Kier molecular flexibility index (Phi) is 6.57. The molecule has 0 saturated carbocycles. The van der Waals surface area contributed by atoms with Crippen molar-refractivity contribution >= 4 is 27.7 Å². The number of pyridine rings is 1. The Morgan fingerprint density at radius 1 is 1.19 bits per heavy atom. The molecule has 4 rings (SSSR count). The molecule has 0 spiro atoms. The standard InChI is InChI=1S/C23H23F3N4OS/c1-31-20-9-14(2-5-19(20)23(24,25)26)8-18(27)12-29-22-30-13-21(32-22)16-3-4-17-11-28-7-6-15(17)10-16/h2-7,9-11,18,21H,8,12-13,27H2,1H3,(H,29,30)/t18-,21?/m0/s1. The second kappa shape index (κ2) is 9.38. The van der Waals surface area contributed by atoms with E-state index in [1.165, 1.54) is 24.8 Å². The molecule has 0 radical (unpaired) electrons. The van der Waals surface area contributed by atoms with Crippen LogP contribution in [0.5, 0.6) is 5.75 Å². The molecule has 0 saturated heterocycles. The second-order valence-corrected chi connectivity index (χ2v) is 8.80. The average Bonchev–Trinajstić information content (AvgIpc) is 3.25. The number of benzene rings is 2. The molecule has 1 aliphatic heterocycles. The first-order valence-corrected chi connectivity index (χ1v) is 11.0. The van der Waals surface area contributed by atoms with Gasteiger partial charge in [-0.2, -0.15) is 13.2 Å². The molecule has 1 aliphatic rings. The number of rotatable bonds is 6. The predicted molar refractivity (Wildman–Crippen MR) is 122 cm³/mol. The highest BCUT2D eigenvalue weighted by Crippen LogP contribution is 2.37. The first-order chi connectivity index (χ1) is 15.3. The van der Waals surface area contributed by atoms with Gasteiger partial charge in [0, 0.05) is 30.4 Å². The van der Waals surface area contributed by atoms with Gasteiger partial charge in [-0.05, 0) is 47.2 Å².